The molecule has 0 aliphatic carbocycles. The molecule has 1 atom stereocenters. The van der Waals surface area contributed by atoms with E-state index in [-0.39, 0.29) is 35.2 Å². The Hall–Kier alpha value is -3.40. The molecule has 0 saturated carbocycles. The molecule has 3 aromatic rings. The summed E-state index contributed by atoms with van der Waals surface area (Å²) in [6, 6.07) is 9.05. The highest BCUT2D eigenvalue weighted by Crippen LogP contribution is 2.36. The lowest BCUT2D eigenvalue weighted by atomic mass is 9.95. The summed E-state index contributed by atoms with van der Waals surface area (Å²) in [6.45, 7) is 7.04. The fraction of sp³-hybridized carbons (Fsp3) is 0.286. The van der Waals surface area contributed by atoms with E-state index in [9.17, 15) is 14.4 Å². The predicted molar refractivity (Wildman–Crippen MR) is 150 cm³/mol. The van der Waals surface area contributed by atoms with Crippen LogP contribution in [0, 0.1) is 5.92 Å². The summed E-state index contributed by atoms with van der Waals surface area (Å²) in [5.41, 5.74) is 1.29. The minimum absolute atomic E-state index is 0.109. The molecule has 0 fully saturated rings. The Kier molecular flexibility index (Phi) is 8.64. The van der Waals surface area contributed by atoms with Crippen molar-refractivity contribution >= 4 is 52.6 Å². The molecule has 2 heterocycles. The van der Waals surface area contributed by atoms with Crippen LogP contribution in [0.2, 0.25) is 10.0 Å². The number of halogens is 2. The van der Waals surface area contributed by atoms with E-state index in [0.717, 1.165) is 11.3 Å². The fourth-order valence-electron chi connectivity index (χ4n) is 4.09. The molecule has 2 aromatic carbocycles. The zero-order valence-corrected chi connectivity index (χ0v) is 24.2. The number of allylic oxidation sites excluding steroid dienone is 1. The number of carbonyl (C=O) groups excluding carboxylic acids is 2. The molecule has 11 heteroatoms. The van der Waals surface area contributed by atoms with Crippen molar-refractivity contribution in [1.82, 2.24) is 4.57 Å². The van der Waals surface area contributed by atoms with Crippen LogP contribution in [-0.2, 0) is 14.3 Å². The fourth-order valence-corrected chi connectivity index (χ4v) is 5.63. The average Bonchev–Trinajstić information content (AvgIpc) is 3.18. The van der Waals surface area contributed by atoms with Gasteiger partial charge in [-0.05, 0) is 48.7 Å². The van der Waals surface area contributed by atoms with Crippen molar-refractivity contribution in [2.45, 2.75) is 33.7 Å². The molecular weight excluding hydrogens is 563 g/mol. The number of hydrogen-bond donors (Lipinski definition) is 0. The summed E-state index contributed by atoms with van der Waals surface area (Å²) >= 11 is 13.9. The number of fused-ring (bicyclic) bond motifs is 1. The molecule has 1 aromatic heterocycles. The number of rotatable bonds is 7. The van der Waals surface area contributed by atoms with Gasteiger partial charge >= 0.3 is 11.9 Å². The van der Waals surface area contributed by atoms with Gasteiger partial charge in [-0.1, -0.05) is 60.5 Å². The first-order valence-electron chi connectivity index (χ1n) is 12.0. The first kappa shape index (κ1) is 28.6. The molecule has 0 amide bonds. The standard InChI is InChI=1S/C28H26Cl2N2O6S/c1-14(2)13-37-27(35)24-15(3)31-28-32(25(24)17-9-10-21(38-16(4)33)22(11-17)36-5)26(34)23(39-28)12-18-19(29)7-6-8-20(18)30/h6-12,14,25H,13H2,1-5H3/b23-12-/t25-/m0/s1. The lowest BCUT2D eigenvalue weighted by molar-refractivity contribution is -0.140. The van der Waals surface area contributed by atoms with Crippen LogP contribution < -0.4 is 24.4 Å². The molecule has 1 aliphatic rings. The number of ether oxygens (including phenoxy) is 3. The Morgan fingerprint density at radius 1 is 1.15 bits per heavy atom. The van der Waals surface area contributed by atoms with Crippen molar-refractivity contribution in [3.8, 4) is 11.5 Å². The summed E-state index contributed by atoms with van der Waals surface area (Å²) in [5, 5.41) is 0.787. The summed E-state index contributed by atoms with van der Waals surface area (Å²) in [7, 11) is 1.43. The molecule has 8 nitrogen and oxygen atoms in total. The zero-order chi connectivity index (χ0) is 28.4. The summed E-state index contributed by atoms with van der Waals surface area (Å²) in [4.78, 5) is 43.8. The maximum absolute atomic E-state index is 13.9. The van der Waals surface area contributed by atoms with Crippen LogP contribution >= 0.6 is 34.5 Å². The highest BCUT2D eigenvalue weighted by atomic mass is 35.5. The summed E-state index contributed by atoms with van der Waals surface area (Å²) in [5.74, 6) is -0.517. The van der Waals surface area contributed by atoms with E-state index in [1.54, 1.807) is 49.4 Å². The number of methoxy groups -OCH3 is 1. The van der Waals surface area contributed by atoms with Crippen molar-refractivity contribution in [3.05, 3.63) is 88.5 Å². The van der Waals surface area contributed by atoms with Crippen LogP contribution in [-0.4, -0.2) is 30.2 Å². The number of carbonyl (C=O) groups is 2. The van der Waals surface area contributed by atoms with Crippen LogP contribution in [0.15, 0.2) is 57.5 Å². The molecule has 0 saturated heterocycles. The van der Waals surface area contributed by atoms with Gasteiger partial charge in [0.05, 0.1) is 35.6 Å². The molecule has 0 bridgehead atoms. The second kappa shape index (κ2) is 11.8. The van der Waals surface area contributed by atoms with Gasteiger partial charge in [0.15, 0.2) is 16.3 Å². The Balaban J connectivity index is 1.96. The lowest BCUT2D eigenvalue weighted by Gasteiger charge is -2.25. The van der Waals surface area contributed by atoms with Gasteiger partial charge in [-0.3, -0.25) is 14.2 Å². The van der Waals surface area contributed by atoms with Gasteiger partial charge in [-0.15, -0.1) is 0 Å². The van der Waals surface area contributed by atoms with Crippen LogP contribution in [0.1, 0.15) is 44.9 Å². The van der Waals surface area contributed by atoms with E-state index in [1.807, 2.05) is 13.8 Å². The first-order chi connectivity index (χ1) is 18.5. The van der Waals surface area contributed by atoms with Gasteiger partial charge in [-0.2, -0.15) is 0 Å². The van der Waals surface area contributed by atoms with E-state index in [0.29, 0.717) is 36.2 Å². The largest absolute Gasteiger partial charge is 0.493 e. The van der Waals surface area contributed by atoms with Gasteiger partial charge in [0.1, 0.15) is 0 Å². The normalized spacial score (nSPS) is 15.2. The minimum atomic E-state index is -0.884. The SMILES string of the molecule is COc1cc([C@H]2C(C(=O)OCC(C)C)=C(C)N=c3s/c(=C\c4c(Cl)cccc4Cl)c(=O)n32)ccc1OC(C)=O. The Labute approximate surface area is 238 Å². The second-order valence-electron chi connectivity index (χ2n) is 9.21. The maximum atomic E-state index is 13.9. The van der Waals surface area contributed by atoms with Gasteiger partial charge in [0, 0.05) is 22.5 Å². The maximum Gasteiger partial charge on any atom is 0.338 e. The van der Waals surface area contributed by atoms with E-state index >= 15 is 0 Å². The van der Waals surface area contributed by atoms with Crippen LogP contribution in [0.5, 0.6) is 11.5 Å². The number of aromatic nitrogens is 1. The quantitative estimate of drug-likeness (QED) is 0.294. The number of nitrogens with zero attached hydrogens (tertiary/aromatic N) is 2. The van der Waals surface area contributed by atoms with Crippen molar-refractivity contribution in [3.63, 3.8) is 0 Å². The Bertz CT molecular complexity index is 1650. The second-order valence-corrected chi connectivity index (χ2v) is 11.0. The van der Waals surface area contributed by atoms with Crippen molar-refractivity contribution < 1.29 is 23.8 Å². The minimum Gasteiger partial charge on any atom is -0.493 e. The Morgan fingerprint density at radius 3 is 2.46 bits per heavy atom. The lowest BCUT2D eigenvalue weighted by Crippen LogP contribution is -2.40. The van der Waals surface area contributed by atoms with Gasteiger partial charge < -0.3 is 14.2 Å². The monoisotopic (exact) mass is 588 g/mol. The van der Waals surface area contributed by atoms with Gasteiger partial charge in [0.2, 0.25) is 0 Å². The van der Waals surface area contributed by atoms with Crippen LogP contribution in [0.25, 0.3) is 6.08 Å². The number of benzene rings is 2. The van der Waals surface area contributed by atoms with Crippen molar-refractivity contribution in [2.24, 2.45) is 10.9 Å². The number of hydrogen-bond acceptors (Lipinski definition) is 8. The third-order valence-corrected chi connectivity index (χ3v) is 7.46. The smallest absolute Gasteiger partial charge is 0.338 e. The first-order valence-corrected chi connectivity index (χ1v) is 13.6. The Morgan fingerprint density at radius 2 is 1.85 bits per heavy atom. The molecule has 0 N–H and O–H groups in total. The highest BCUT2D eigenvalue weighted by Gasteiger charge is 2.34. The van der Waals surface area contributed by atoms with Gasteiger partial charge in [0.25, 0.3) is 5.56 Å². The third kappa shape index (κ3) is 5.95. The van der Waals surface area contributed by atoms with E-state index in [2.05, 4.69) is 4.99 Å². The topological polar surface area (TPSA) is 96.2 Å². The van der Waals surface area contributed by atoms with Gasteiger partial charge in [-0.25, -0.2) is 9.79 Å². The third-order valence-electron chi connectivity index (χ3n) is 5.82. The molecule has 0 spiro atoms. The molecular formula is C28H26Cl2N2O6S. The van der Waals surface area contributed by atoms with Crippen LogP contribution in [0.3, 0.4) is 0 Å². The van der Waals surface area contributed by atoms with Crippen molar-refractivity contribution in [2.75, 3.05) is 13.7 Å². The van der Waals surface area contributed by atoms with E-state index < -0.39 is 18.0 Å². The van der Waals surface area contributed by atoms with E-state index in [1.165, 1.54) is 18.6 Å². The summed E-state index contributed by atoms with van der Waals surface area (Å²) < 4.78 is 18.1. The molecule has 204 valence electrons. The molecule has 0 unspecified atom stereocenters. The zero-order valence-electron chi connectivity index (χ0n) is 21.9. The van der Waals surface area contributed by atoms with E-state index in [4.69, 9.17) is 37.4 Å². The number of thiazole rings is 1. The highest BCUT2D eigenvalue weighted by molar-refractivity contribution is 7.07. The van der Waals surface area contributed by atoms with Crippen LogP contribution in [0.4, 0.5) is 0 Å². The van der Waals surface area contributed by atoms with Crippen molar-refractivity contribution in [1.29, 1.82) is 0 Å². The number of esters is 2. The molecule has 39 heavy (non-hydrogen) atoms. The average molecular weight is 589 g/mol. The molecule has 1 aliphatic heterocycles. The summed E-state index contributed by atoms with van der Waals surface area (Å²) in [6.07, 6.45) is 1.62. The predicted octanol–water partition coefficient (Wildman–Crippen LogP) is 4.68. The molecule has 4 rings (SSSR count). The molecule has 0 radical (unpaired) electrons.